The summed E-state index contributed by atoms with van der Waals surface area (Å²) in [6, 6.07) is 18.1. The van der Waals surface area contributed by atoms with Gasteiger partial charge in [0.15, 0.2) is 0 Å². The first kappa shape index (κ1) is 35.9. The number of hydrogen-bond donors (Lipinski definition) is 0. The Kier molecular flexibility index (Phi) is 18.9. The summed E-state index contributed by atoms with van der Waals surface area (Å²) in [7, 11) is 0. The first-order chi connectivity index (χ1) is 13.4. The molecule has 0 aromatic heterocycles. The van der Waals surface area contributed by atoms with Crippen molar-refractivity contribution in [3.8, 4) is 0 Å². The molecule has 4 rings (SSSR count). The fourth-order valence-electron chi connectivity index (χ4n) is 3.92. The van der Waals surface area contributed by atoms with Crippen LogP contribution in [0, 0.1) is 42.5 Å². The zero-order valence-electron chi connectivity index (χ0n) is 20.8. The average molecular weight is 565 g/mol. The second kappa shape index (κ2) is 16.9. The quantitative estimate of drug-likeness (QED) is 0.169. The van der Waals surface area contributed by atoms with Crippen LogP contribution in [0.4, 0.5) is 0 Å². The van der Waals surface area contributed by atoms with Crippen molar-refractivity contribution in [1.82, 2.24) is 0 Å². The van der Waals surface area contributed by atoms with Gasteiger partial charge in [0.1, 0.15) is 0 Å². The van der Waals surface area contributed by atoms with Gasteiger partial charge in [-0.25, -0.2) is 0 Å². The van der Waals surface area contributed by atoms with E-state index in [1.165, 1.54) is 78.3 Å². The van der Waals surface area contributed by atoms with Crippen LogP contribution < -0.4 is 0 Å². The van der Waals surface area contributed by atoms with Crippen molar-refractivity contribution < 1.29 is 23.3 Å². The Morgan fingerprint density at radius 1 is 0.656 bits per heavy atom. The summed E-state index contributed by atoms with van der Waals surface area (Å²) < 4.78 is 0. The second-order valence-electron chi connectivity index (χ2n) is 7.51. The van der Waals surface area contributed by atoms with Gasteiger partial charge in [-0.15, -0.1) is 92.9 Å². The standard InChI is InChI=1S/2C13H15.2CH3.2ClH.Si.Zr/c2*1-4-11-6-5-10(3)12-7-9(2)8-13(11)12;;;;;;/h2*5-8H,4H2,1-3H3;2*1H3;2*1H;;/q4*-1;;;;. The zero-order valence-corrected chi connectivity index (χ0v) is 25.9. The van der Waals surface area contributed by atoms with E-state index in [-0.39, 0.29) is 39.7 Å². The number of benzene rings is 2. The monoisotopic (exact) mass is 562 g/mol. The first-order valence-electron chi connectivity index (χ1n) is 10.0. The molecule has 0 aliphatic rings. The van der Waals surface area contributed by atoms with Crippen LogP contribution in [0.1, 0.15) is 47.2 Å². The molecule has 0 bridgehead atoms. The van der Waals surface area contributed by atoms with E-state index in [1.807, 2.05) is 0 Å². The van der Waals surface area contributed by atoms with Crippen LogP contribution in [0.2, 0.25) is 0 Å². The maximum absolute atomic E-state index is 3.06. The van der Waals surface area contributed by atoms with E-state index in [0.29, 0.717) is 0 Å². The molecule has 0 saturated heterocycles. The summed E-state index contributed by atoms with van der Waals surface area (Å²) >= 11 is 1.36. The summed E-state index contributed by atoms with van der Waals surface area (Å²) in [4.78, 5) is 0. The zero-order chi connectivity index (χ0) is 20.8. The number of halogens is 2. The normalized spacial score (nSPS) is 9.03. The molecule has 0 fully saturated rings. The van der Waals surface area contributed by atoms with Crippen molar-refractivity contribution in [1.29, 1.82) is 0 Å². The van der Waals surface area contributed by atoms with Crippen molar-refractivity contribution in [3.05, 3.63) is 96.8 Å². The van der Waals surface area contributed by atoms with E-state index in [9.17, 15) is 0 Å². The Morgan fingerprint density at radius 2 is 0.969 bits per heavy atom. The molecule has 176 valence electrons. The summed E-state index contributed by atoms with van der Waals surface area (Å²) in [6.07, 6.45) is 2.25. The summed E-state index contributed by atoms with van der Waals surface area (Å²) in [5.74, 6) is 0. The molecule has 0 spiro atoms. The fourth-order valence-corrected chi connectivity index (χ4v) is 3.92. The van der Waals surface area contributed by atoms with Crippen LogP contribution in [0.3, 0.4) is 0 Å². The molecule has 0 N–H and O–H groups in total. The third kappa shape index (κ3) is 8.28. The van der Waals surface area contributed by atoms with Crippen molar-refractivity contribution in [2.24, 2.45) is 0 Å². The predicted octanol–water partition coefficient (Wildman–Crippen LogP) is 8.84. The van der Waals surface area contributed by atoms with Gasteiger partial charge in [0.25, 0.3) is 0 Å². The predicted molar refractivity (Wildman–Crippen MR) is 150 cm³/mol. The van der Waals surface area contributed by atoms with E-state index >= 15 is 0 Å². The Balaban J connectivity index is -0.000000437. The van der Waals surface area contributed by atoms with Gasteiger partial charge in [-0.2, -0.15) is 12.1 Å². The minimum absolute atomic E-state index is 0. The average Bonchev–Trinajstić information content (AvgIpc) is 3.28. The van der Waals surface area contributed by atoms with E-state index in [4.69, 9.17) is 0 Å². The molecule has 2 radical (unpaired) electrons. The molecule has 0 aliphatic heterocycles. The fraction of sp³-hybridized carbons (Fsp3) is 0.286. The van der Waals surface area contributed by atoms with E-state index < -0.39 is 0 Å². The van der Waals surface area contributed by atoms with Crippen molar-refractivity contribution in [2.45, 2.75) is 54.4 Å². The van der Waals surface area contributed by atoms with Crippen molar-refractivity contribution in [2.75, 3.05) is 0 Å². The van der Waals surface area contributed by atoms with Gasteiger partial charge >= 0.3 is 30.2 Å². The summed E-state index contributed by atoms with van der Waals surface area (Å²) in [5.41, 5.74) is 8.46. The summed E-state index contributed by atoms with van der Waals surface area (Å²) in [5, 5.41) is 5.74. The Hall–Kier alpha value is -0.660. The molecule has 0 saturated carbocycles. The van der Waals surface area contributed by atoms with Crippen LogP contribution in [-0.4, -0.2) is 6.88 Å². The Bertz CT molecular complexity index is 990. The van der Waals surface area contributed by atoms with Gasteiger partial charge in [0.2, 0.25) is 0 Å². The van der Waals surface area contributed by atoms with Gasteiger partial charge in [-0.05, 0) is 12.8 Å². The van der Waals surface area contributed by atoms with Gasteiger partial charge < -0.3 is 14.9 Å². The molecule has 0 aliphatic carbocycles. The van der Waals surface area contributed by atoms with Crippen molar-refractivity contribution >= 4 is 53.2 Å². The molecule has 32 heavy (non-hydrogen) atoms. The minimum atomic E-state index is 0. The van der Waals surface area contributed by atoms with Crippen LogP contribution >= 0.6 is 24.8 Å². The summed E-state index contributed by atoms with van der Waals surface area (Å²) in [6.45, 7) is 16.2. The SMILES string of the molecule is CCc1ccc(C)c2[cH-]c(C)cc12.CCc1ccc(C)c2[cH-]c(C)cc12.Cl.Cl.[CH3-].[CH3-].[Si]=[Zr]. The van der Waals surface area contributed by atoms with Gasteiger partial charge in [0, 0.05) is 0 Å². The number of aryl methyl sites for hydroxylation is 6. The Morgan fingerprint density at radius 3 is 1.25 bits per heavy atom. The van der Waals surface area contributed by atoms with Crippen LogP contribution in [0.25, 0.3) is 21.5 Å². The molecule has 4 aromatic rings. The molecule has 0 atom stereocenters. The number of fused-ring (bicyclic) bond motifs is 2. The van der Waals surface area contributed by atoms with Gasteiger partial charge in [-0.3, -0.25) is 0 Å². The topological polar surface area (TPSA) is 0 Å². The van der Waals surface area contributed by atoms with Gasteiger partial charge in [-0.1, -0.05) is 64.8 Å². The maximum atomic E-state index is 3.06. The number of hydrogen-bond acceptors (Lipinski definition) is 0. The van der Waals surface area contributed by atoms with E-state index in [2.05, 4.69) is 97.0 Å². The third-order valence-corrected chi connectivity index (χ3v) is 5.44. The molecular formula is C28H38Cl2SiZr-4. The van der Waals surface area contributed by atoms with Crippen LogP contribution in [-0.2, 0) is 36.2 Å². The van der Waals surface area contributed by atoms with Crippen molar-refractivity contribution in [3.63, 3.8) is 0 Å². The molecular weight excluding hydrogens is 527 g/mol. The molecule has 0 nitrogen and oxygen atoms in total. The Labute approximate surface area is 226 Å². The van der Waals surface area contributed by atoms with Crippen LogP contribution in [0.15, 0.2) is 48.5 Å². The number of rotatable bonds is 2. The molecule has 0 amide bonds. The third-order valence-electron chi connectivity index (χ3n) is 5.44. The molecule has 4 aromatic carbocycles. The van der Waals surface area contributed by atoms with E-state index in [0.717, 1.165) is 12.8 Å². The van der Waals surface area contributed by atoms with Gasteiger partial charge in [0.05, 0.1) is 0 Å². The second-order valence-corrected chi connectivity index (χ2v) is 7.51. The first-order valence-corrected chi connectivity index (χ1v) is 14.2. The molecule has 4 heteroatoms. The van der Waals surface area contributed by atoms with Crippen LogP contribution in [0.5, 0.6) is 0 Å². The van der Waals surface area contributed by atoms with E-state index in [1.54, 1.807) is 0 Å². The molecule has 0 unspecified atom stereocenters. The molecule has 0 heterocycles.